The van der Waals surface area contributed by atoms with E-state index >= 15 is 0 Å². The minimum atomic E-state index is 0.284. The quantitative estimate of drug-likeness (QED) is 0.922. The van der Waals surface area contributed by atoms with Gasteiger partial charge in [0, 0.05) is 6.54 Å². The summed E-state index contributed by atoms with van der Waals surface area (Å²) in [6, 6.07) is 5.80. The molecule has 0 atom stereocenters. The van der Waals surface area contributed by atoms with E-state index in [1.807, 2.05) is 18.2 Å². The molecule has 1 aromatic heterocycles. The molecule has 0 saturated carbocycles. The predicted molar refractivity (Wildman–Crippen MR) is 66.9 cm³/mol. The van der Waals surface area contributed by atoms with Gasteiger partial charge in [0.25, 0.3) is 0 Å². The summed E-state index contributed by atoms with van der Waals surface area (Å²) in [7, 11) is 0. The van der Waals surface area contributed by atoms with Crippen LogP contribution >= 0.6 is 11.6 Å². The third kappa shape index (κ3) is 2.31. The third-order valence-electron chi connectivity index (χ3n) is 2.51. The Kier molecular flexibility index (Phi) is 2.90. The first-order valence-electron chi connectivity index (χ1n) is 5.41. The molecule has 0 amide bonds. The van der Waals surface area contributed by atoms with Crippen LogP contribution in [0.1, 0.15) is 5.56 Å². The largest absolute Gasteiger partial charge is 0.454 e. The van der Waals surface area contributed by atoms with Crippen molar-refractivity contribution >= 4 is 17.5 Å². The molecular weight excluding hydrogens is 254 g/mol. The van der Waals surface area contributed by atoms with Crippen molar-refractivity contribution in [1.82, 2.24) is 9.97 Å². The number of hydrogen-bond donors (Lipinski definition) is 1. The van der Waals surface area contributed by atoms with E-state index < -0.39 is 0 Å². The van der Waals surface area contributed by atoms with Crippen molar-refractivity contribution in [3.63, 3.8) is 0 Å². The van der Waals surface area contributed by atoms with Crippen molar-refractivity contribution in [2.75, 3.05) is 12.1 Å². The molecule has 0 unspecified atom stereocenters. The number of ether oxygens (including phenoxy) is 2. The highest BCUT2D eigenvalue weighted by atomic mass is 35.5. The lowest BCUT2D eigenvalue weighted by Gasteiger charge is -2.05. The van der Waals surface area contributed by atoms with Crippen LogP contribution in [0.2, 0.25) is 5.02 Å². The molecule has 2 heterocycles. The second-order valence-corrected chi connectivity index (χ2v) is 4.20. The second-order valence-electron chi connectivity index (χ2n) is 3.77. The Bertz CT molecular complexity index is 560. The van der Waals surface area contributed by atoms with Crippen molar-refractivity contribution in [2.24, 2.45) is 0 Å². The maximum atomic E-state index is 5.71. The zero-order valence-corrected chi connectivity index (χ0v) is 10.1. The average molecular weight is 264 g/mol. The van der Waals surface area contributed by atoms with E-state index in [-0.39, 0.29) is 6.79 Å². The number of benzene rings is 1. The molecule has 18 heavy (non-hydrogen) atoms. The van der Waals surface area contributed by atoms with Crippen LogP contribution in [0.5, 0.6) is 11.5 Å². The fourth-order valence-corrected chi connectivity index (χ4v) is 1.73. The summed E-state index contributed by atoms with van der Waals surface area (Å²) >= 11 is 5.71. The zero-order valence-electron chi connectivity index (χ0n) is 9.39. The van der Waals surface area contributed by atoms with Gasteiger partial charge in [-0.1, -0.05) is 17.7 Å². The van der Waals surface area contributed by atoms with Gasteiger partial charge in [-0.05, 0) is 17.7 Å². The Morgan fingerprint density at radius 2 is 1.94 bits per heavy atom. The first-order valence-corrected chi connectivity index (χ1v) is 5.79. The number of nitrogens with zero attached hydrogens (tertiary/aromatic N) is 2. The Labute approximate surface area is 109 Å². The smallest absolute Gasteiger partial charge is 0.231 e. The zero-order chi connectivity index (χ0) is 12.4. The van der Waals surface area contributed by atoms with Crippen LogP contribution in [0.3, 0.4) is 0 Å². The van der Waals surface area contributed by atoms with E-state index in [0.29, 0.717) is 17.5 Å². The van der Waals surface area contributed by atoms with E-state index in [9.17, 15) is 0 Å². The molecule has 92 valence electrons. The van der Waals surface area contributed by atoms with Gasteiger partial charge in [-0.25, -0.2) is 9.97 Å². The molecule has 1 aliphatic rings. The standard InChI is InChI=1S/C12H10ClN3O2/c13-9-5-15-12(16-6-9)14-4-8-1-2-10-11(3-8)18-7-17-10/h1-3,5-6H,4,7H2,(H,14,15,16). The molecule has 1 N–H and O–H groups in total. The number of rotatable bonds is 3. The fraction of sp³-hybridized carbons (Fsp3) is 0.167. The Hall–Kier alpha value is -2.01. The molecule has 1 aliphatic heterocycles. The van der Waals surface area contributed by atoms with E-state index in [1.165, 1.54) is 0 Å². The minimum absolute atomic E-state index is 0.284. The SMILES string of the molecule is Clc1cnc(NCc2ccc3c(c2)OCO3)nc1. The first kappa shape index (κ1) is 11.1. The summed E-state index contributed by atoms with van der Waals surface area (Å²) in [5.41, 5.74) is 1.07. The summed E-state index contributed by atoms with van der Waals surface area (Å²) in [4.78, 5) is 8.11. The Morgan fingerprint density at radius 3 is 2.78 bits per heavy atom. The van der Waals surface area contributed by atoms with Crippen molar-refractivity contribution in [3.05, 3.63) is 41.2 Å². The lowest BCUT2D eigenvalue weighted by atomic mass is 10.2. The maximum Gasteiger partial charge on any atom is 0.231 e. The lowest BCUT2D eigenvalue weighted by Crippen LogP contribution is -2.02. The van der Waals surface area contributed by atoms with E-state index in [4.69, 9.17) is 21.1 Å². The average Bonchev–Trinajstić information content (AvgIpc) is 2.85. The molecule has 3 rings (SSSR count). The van der Waals surface area contributed by atoms with Crippen LogP contribution in [0.15, 0.2) is 30.6 Å². The minimum Gasteiger partial charge on any atom is -0.454 e. The summed E-state index contributed by atoms with van der Waals surface area (Å²) in [5.74, 6) is 2.09. The number of fused-ring (bicyclic) bond motifs is 1. The monoisotopic (exact) mass is 263 g/mol. The highest BCUT2D eigenvalue weighted by Crippen LogP contribution is 2.32. The first-order chi connectivity index (χ1) is 8.81. The predicted octanol–water partition coefficient (Wildman–Crippen LogP) is 2.47. The molecule has 1 aromatic carbocycles. The second kappa shape index (κ2) is 4.70. The molecule has 2 aromatic rings. The maximum absolute atomic E-state index is 5.71. The highest BCUT2D eigenvalue weighted by molar-refractivity contribution is 6.30. The van der Waals surface area contributed by atoms with Gasteiger partial charge in [0.15, 0.2) is 11.5 Å². The van der Waals surface area contributed by atoms with Gasteiger partial charge in [-0.3, -0.25) is 0 Å². The van der Waals surface area contributed by atoms with E-state index in [0.717, 1.165) is 17.1 Å². The van der Waals surface area contributed by atoms with Crippen molar-refractivity contribution in [2.45, 2.75) is 6.54 Å². The van der Waals surface area contributed by atoms with Crippen LogP contribution in [0, 0.1) is 0 Å². The summed E-state index contributed by atoms with van der Waals surface area (Å²) in [6.45, 7) is 0.894. The van der Waals surface area contributed by atoms with Crippen molar-refractivity contribution < 1.29 is 9.47 Å². The van der Waals surface area contributed by atoms with Gasteiger partial charge in [0.2, 0.25) is 12.7 Å². The van der Waals surface area contributed by atoms with Crippen LogP contribution < -0.4 is 14.8 Å². The van der Waals surface area contributed by atoms with E-state index in [1.54, 1.807) is 12.4 Å². The van der Waals surface area contributed by atoms with Gasteiger partial charge < -0.3 is 14.8 Å². The van der Waals surface area contributed by atoms with Gasteiger partial charge in [0.1, 0.15) is 0 Å². The van der Waals surface area contributed by atoms with Crippen molar-refractivity contribution in [3.8, 4) is 11.5 Å². The number of halogens is 1. The number of nitrogens with one attached hydrogen (secondary N) is 1. The number of aromatic nitrogens is 2. The number of hydrogen-bond acceptors (Lipinski definition) is 5. The highest BCUT2D eigenvalue weighted by Gasteiger charge is 2.12. The molecule has 0 fully saturated rings. The van der Waals surface area contributed by atoms with Crippen LogP contribution in [0.25, 0.3) is 0 Å². The number of anilines is 1. The van der Waals surface area contributed by atoms with Gasteiger partial charge in [-0.15, -0.1) is 0 Å². The summed E-state index contributed by atoms with van der Waals surface area (Å²) in [6.07, 6.45) is 3.10. The van der Waals surface area contributed by atoms with E-state index in [2.05, 4.69) is 15.3 Å². The van der Waals surface area contributed by atoms with Crippen LogP contribution in [0.4, 0.5) is 5.95 Å². The van der Waals surface area contributed by atoms with Crippen LogP contribution in [-0.2, 0) is 6.54 Å². The van der Waals surface area contributed by atoms with Gasteiger partial charge in [-0.2, -0.15) is 0 Å². The fourth-order valence-electron chi connectivity index (χ4n) is 1.64. The summed E-state index contributed by atoms with van der Waals surface area (Å²) < 4.78 is 10.6. The normalized spacial score (nSPS) is 12.5. The third-order valence-corrected chi connectivity index (χ3v) is 2.70. The molecule has 0 spiro atoms. The molecule has 0 aliphatic carbocycles. The van der Waals surface area contributed by atoms with Crippen molar-refractivity contribution in [1.29, 1.82) is 0 Å². The molecule has 6 heteroatoms. The Morgan fingerprint density at radius 1 is 1.17 bits per heavy atom. The Balaban J connectivity index is 1.68. The van der Waals surface area contributed by atoms with Gasteiger partial charge >= 0.3 is 0 Å². The summed E-state index contributed by atoms with van der Waals surface area (Å²) in [5, 5.41) is 3.62. The topological polar surface area (TPSA) is 56.3 Å². The molecule has 5 nitrogen and oxygen atoms in total. The molecule has 0 saturated heterocycles. The molecule has 0 bridgehead atoms. The van der Waals surface area contributed by atoms with Gasteiger partial charge in [0.05, 0.1) is 17.4 Å². The molecule has 0 radical (unpaired) electrons. The lowest BCUT2D eigenvalue weighted by molar-refractivity contribution is 0.174. The van der Waals surface area contributed by atoms with Crippen LogP contribution in [-0.4, -0.2) is 16.8 Å². The molecular formula is C12H10ClN3O2.